The van der Waals surface area contributed by atoms with Gasteiger partial charge in [-0.3, -0.25) is 9.78 Å². The molecule has 0 aliphatic rings. The zero-order chi connectivity index (χ0) is 12.5. The highest BCUT2D eigenvalue weighted by molar-refractivity contribution is 5.97. The lowest BCUT2D eigenvalue weighted by atomic mass is 10.2. The van der Waals surface area contributed by atoms with Crippen molar-refractivity contribution in [3.05, 3.63) is 48.6 Å². The fourth-order valence-corrected chi connectivity index (χ4v) is 1.18. The SMILES string of the molecule is C=CN/C(=C\c1cccnc1)C(=O)NCCO. The number of rotatable bonds is 6. The summed E-state index contributed by atoms with van der Waals surface area (Å²) in [5.74, 6) is -0.303. The van der Waals surface area contributed by atoms with Crippen LogP contribution in [0.5, 0.6) is 0 Å². The van der Waals surface area contributed by atoms with Crippen molar-refractivity contribution in [1.29, 1.82) is 0 Å². The Bertz CT molecular complexity index is 401. The second kappa shape index (κ2) is 7.19. The van der Waals surface area contributed by atoms with Gasteiger partial charge in [0.1, 0.15) is 5.70 Å². The summed E-state index contributed by atoms with van der Waals surface area (Å²) in [7, 11) is 0. The van der Waals surface area contributed by atoms with E-state index < -0.39 is 0 Å². The molecule has 1 rings (SSSR count). The molecule has 0 unspecified atom stereocenters. The van der Waals surface area contributed by atoms with Crippen LogP contribution in [0.1, 0.15) is 5.56 Å². The molecule has 0 fully saturated rings. The van der Waals surface area contributed by atoms with Crippen LogP contribution in [0.3, 0.4) is 0 Å². The van der Waals surface area contributed by atoms with Gasteiger partial charge in [-0.25, -0.2) is 0 Å². The molecule has 0 bridgehead atoms. The summed E-state index contributed by atoms with van der Waals surface area (Å²) in [6.45, 7) is 3.62. The lowest BCUT2D eigenvalue weighted by Crippen LogP contribution is -2.31. The van der Waals surface area contributed by atoms with Crippen LogP contribution in [0, 0.1) is 0 Å². The van der Waals surface area contributed by atoms with Crippen LogP contribution < -0.4 is 10.6 Å². The standard InChI is InChI=1S/C12H15N3O2/c1-2-14-11(12(17)15-6-7-16)8-10-4-3-5-13-9-10/h2-5,8-9,14,16H,1,6-7H2,(H,15,17)/b11-8-. The number of hydrogen-bond donors (Lipinski definition) is 3. The van der Waals surface area contributed by atoms with Gasteiger partial charge >= 0.3 is 0 Å². The lowest BCUT2D eigenvalue weighted by molar-refractivity contribution is -0.117. The topological polar surface area (TPSA) is 74.2 Å². The first-order valence-electron chi connectivity index (χ1n) is 5.16. The van der Waals surface area contributed by atoms with Gasteiger partial charge in [-0.15, -0.1) is 0 Å². The maximum Gasteiger partial charge on any atom is 0.267 e. The van der Waals surface area contributed by atoms with Crippen molar-refractivity contribution in [2.24, 2.45) is 0 Å². The van der Waals surface area contributed by atoms with E-state index in [-0.39, 0.29) is 19.1 Å². The molecule has 0 aromatic carbocycles. The maximum atomic E-state index is 11.7. The van der Waals surface area contributed by atoms with Crippen LogP contribution >= 0.6 is 0 Å². The third-order valence-corrected chi connectivity index (χ3v) is 1.89. The molecule has 17 heavy (non-hydrogen) atoms. The van der Waals surface area contributed by atoms with E-state index in [0.29, 0.717) is 5.70 Å². The second-order valence-corrected chi connectivity index (χ2v) is 3.17. The van der Waals surface area contributed by atoms with Gasteiger partial charge in [-0.2, -0.15) is 0 Å². The Morgan fingerprint density at radius 2 is 2.41 bits per heavy atom. The minimum atomic E-state index is -0.303. The molecule has 0 aliphatic carbocycles. The molecular weight excluding hydrogens is 218 g/mol. The van der Waals surface area contributed by atoms with E-state index in [0.717, 1.165) is 5.56 Å². The third-order valence-electron chi connectivity index (χ3n) is 1.89. The average molecular weight is 233 g/mol. The fraction of sp³-hybridized carbons (Fsp3) is 0.167. The molecule has 0 saturated heterocycles. The first kappa shape index (κ1) is 12.9. The van der Waals surface area contributed by atoms with E-state index in [1.165, 1.54) is 6.20 Å². The minimum Gasteiger partial charge on any atom is -0.395 e. The van der Waals surface area contributed by atoms with Crippen LogP contribution in [0.2, 0.25) is 0 Å². The van der Waals surface area contributed by atoms with Gasteiger partial charge in [-0.05, 0) is 23.9 Å². The summed E-state index contributed by atoms with van der Waals surface area (Å²) in [5, 5.41) is 13.9. The smallest absolute Gasteiger partial charge is 0.267 e. The van der Waals surface area contributed by atoms with Gasteiger partial charge in [0, 0.05) is 18.9 Å². The highest BCUT2D eigenvalue weighted by Crippen LogP contribution is 2.03. The molecule has 1 amide bonds. The number of pyridine rings is 1. The summed E-state index contributed by atoms with van der Waals surface area (Å²) < 4.78 is 0. The summed E-state index contributed by atoms with van der Waals surface area (Å²) >= 11 is 0. The van der Waals surface area contributed by atoms with E-state index in [1.807, 2.05) is 6.07 Å². The number of nitrogens with one attached hydrogen (secondary N) is 2. The minimum absolute atomic E-state index is 0.0972. The van der Waals surface area contributed by atoms with Crippen molar-refractivity contribution in [3.8, 4) is 0 Å². The number of aliphatic hydroxyl groups is 1. The van der Waals surface area contributed by atoms with Crippen LogP contribution in [0.25, 0.3) is 6.08 Å². The molecule has 3 N–H and O–H groups in total. The van der Waals surface area contributed by atoms with E-state index >= 15 is 0 Å². The highest BCUT2D eigenvalue weighted by Gasteiger charge is 2.06. The van der Waals surface area contributed by atoms with Crippen LogP contribution in [0.4, 0.5) is 0 Å². The summed E-state index contributed by atoms with van der Waals surface area (Å²) in [4.78, 5) is 15.6. The number of carbonyl (C=O) groups excluding carboxylic acids is 1. The Morgan fingerprint density at radius 1 is 1.59 bits per heavy atom. The molecule has 0 saturated carbocycles. The molecule has 1 heterocycles. The van der Waals surface area contributed by atoms with Crippen LogP contribution in [0.15, 0.2) is 43.0 Å². The number of nitrogens with zero attached hydrogens (tertiary/aromatic N) is 1. The predicted octanol–water partition coefficient (Wildman–Crippen LogP) is 0.264. The van der Waals surface area contributed by atoms with E-state index in [2.05, 4.69) is 22.2 Å². The Hall–Kier alpha value is -2.14. The van der Waals surface area contributed by atoms with E-state index in [4.69, 9.17) is 5.11 Å². The third kappa shape index (κ3) is 4.48. The monoisotopic (exact) mass is 233 g/mol. The van der Waals surface area contributed by atoms with Crippen molar-refractivity contribution < 1.29 is 9.90 Å². The Balaban J connectivity index is 2.81. The first-order valence-corrected chi connectivity index (χ1v) is 5.16. The number of hydrogen-bond acceptors (Lipinski definition) is 4. The lowest BCUT2D eigenvalue weighted by Gasteiger charge is -2.07. The van der Waals surface area contributed by atoms with Gasteiger partial charge in [0.05, 0.1) is 6.61 Å². The van der Waals surface area contributed by atoms with Crippen molar-refractivity contribution in [2.75, 3.05) is 13.2 Å². The van der Waals surface area contributed by atoms with Crippen molar-refractivity contribution in [3.63, 3.8) is 0 Å². The van der Waals surface area contributed by atoms with E-state index in [9.17, 15) is 4.79 Å². The van der Waals surface area contributed by atoms with E-state index in [1.54, 1.807) is 24.5 Å². The number of carbonyl (C=O) groups is 1. The van der Waals surface area contributed by atoms with Gasteiger partial charge in [0.2, 0.25) is 0 Å². The normalized spacial score (nSPS) is 10.8. The molecule has 1 aromatic heterocycles. The number of amides is 1. The molecule has 90 valence electrons. The van der Waals surface area contributed by atoms with Crippen molar-refractivity contribution in [1.82, 2.24) is 15.6 Å². The Kier molecular flexibility index (Phi) is 5.46. The largest absolute Gasteiger partial charge is 0.395 e. The van der Waals surface area contributed by atoms with Gasteiger partial charge in [0.15, 0.2) is 0 Å². The maximum absolute atomic E-state index is 11.7. The fourth-order valence-electron chi connectivity index (χ4n) is 1.18. The van der Waals surface area contributed by atoms with Crippen LogP contribution in [-0.4, -0.2) is 29.1 Å². The predicted molar refractivity (Wildman–Crippen MR) is 65.6 cm³/mol. The Labute approximate surface area is 99.9 Å². The number of aromatic nitrogens is 1. The molecule has 0 spiro atoms. The van der Waals surface area contributed by atoms with Gasteiger partial charge in [0.25, 0.3) is 5.91 Å². The second-order valence-electron chi connectivity index (χ2n) is 3.17. The molecule has 0 atom stereocenters. The molecule has 1 aromatic rings. The first-order chi connectivity index (χ1) is 8.27. The quantitative estimate of drug-likeness (QED) is 0.616. The molecule has 0 radical (unpaired) electrons. The number of aliphatic hydroxyl groups excluding tert-OH is 1. The molecule has 5 heteroatoms. The van der Waals surface area contributed by atoms with Crippen molar-refractivity contribution >= 4 is 12.0 Å². The highest BCUT2D eigenvalue weighted by atomic mass is 16.3. The molecule has 0 aliphatic heterocycles. The Morgan fingerprint density at radius 3 is 3.00 bits per heavy atom. The molecule has 5 nitrogen and oxygen atoms in total. The average Bonchev–Trinajstić information content (AvgIpc) is 2.36. The summed E-state index contributed by atoms with van der Waals surface area (Å²) in [6, 6.07) is 3.61. The summed E-state index contributed by atoms with van der Waals surface area (Å²) in [5.41, 5.74) is 1.15. The van der Waals surface area contributed by atoms with Crippen LogP contribution in [-0.2, 0) is 4.79 Å². The van der Waals surface area contributed by atoms with Crippen molar-refractivity contribution in [2.45, 2.75) is 0 Å². The summed E-state index contributed by atoms with van der Waals surface area (Å²) in [6.07, 6.45) is 6.37. The molecular formula is C12H15N3O2. The zero-order valence-electron chi connectivity index (χ0n) is 9.39. The van der Waals surface area contributed by atoms with Gasteiger partial charge < -0.3 is 15.7 Å². The van der Waals surface area contributed by atoms with Gasteiger partial charge in [-0.1, -0.05) is 12.6 Å². The zero-order valence-corrected chi connectivity index (χ0v) is 9.39.